The highest BCUT2D eigenvalue weighted by Crippen LogP contribution is 2.23. The molecule has 3 aromatic rings. The number of benzene rings is 2. The highest BCUT2D eigenvalue weighted by atomic mass is 19.2. The average molecular weight is 371 g/mol. The van der Waals surface area contributed by atoms with Gasteiger partial charge in [0, 0.05) is 23.6 Å². The number of carbonyl (C=O) groups is 2. The summed E-state index contributed by atoms with van der Waals surface area (Å²) in [6, 6.07) is 9.59. The summed E-state index contributed by atoms with van der Waals surface area (Å²) in [5, 5.41) is 5.96. The van der Waals surface area contributed by atoms with Crippen LogP contribution in [0.25, 0.3) is 10.9 Å². The number of nitrogens with one attached hydrogen (secondary N) is 3. The molecule has 27 heavy (non-hydrogen) atoms. The summed E-state index contributed by atoms with van der Waals surface area (Å²) in [5.74, 6) is -3.02. The number of para-hydroxylation sites is 1. The largest absolute Gasteiger partial charge is 0.358 e. The van der Waals surface area contributed by atoms with Gasteiger partial charge in [0.1, 0.15) is 6.04 Å². The van der Waals surface area contributed by atoms with E-state index in [4.69, 9.17) is 0 Å². The Labute approximate surface area is 154 Å². The van der Waals surface area contributed by atoms with E-state index in [1.165, 1.54) is 13.1 Å². The third kappa shape index (κ3) is 3.81. The second kappa shape index (κ2) is 7.57. The summed E-state index contributed by atoms with van der Waals surface area (Å²) in [4.78, 5) is 28.0. The van der Waals surface area contributed by atoms with Crippen molar-refractivity contribution in [3.05, 3.63) is 70.9 Å². The number of hydrogen-bond donors (Lipinski definition) is 3. The predicted octanol–water partition coefficient (Wildman–Crippen LogP) is 2.90. The quantitative estimate of drug-likeness (QED) is 0.645. The SMILES string of the molecule is CNC(=O)C(NC(=O)Cc1c(C)[nH]c2ccccc12)c1ccc(F)c(F)c1. The molecule has 0 aliphatic heterocycles. The van der Waals surface area contributed by atoms with Crippen LogP contribution in [0, 0.1) is 18.6 Å². The molecule has 0 bridgehead atoms. The van der Waals surface area contributed by atoms with Crippen molar-refractivity contribution < 1.29 is 18.4 Å². The molecule has 1 unspecified atom stereocenters. The molecule has 0 spiro atoms. The van der Waals surface area contributed by atoms with E-state index >= 15 is 0 Å². The Kier molecular flexibility index (Phi) is 5.21. The summed E-state index contributed by atoms with van der Waals surface area (Å²) in [5.41, 5.74) is 2.76. The zero-order chi connectivity index (χ0) is 19.6. The minimum absolute atomic E-state index is 0.0486. The maximum absolute atomic E-state index is 13.6. The van der Waals surface area contributed by atoms with Gasteiger partial charge in [0.05, 0.1) is 6.42 Å². The van der Waals surface area contributed by atoms with Gasteiger partial charge in [-0.05, 0) is 36.2 Å². The summed E-state index contributed by atoms with van der Waals surface area (Å²) in [7, 11) is 1.41. The normalized spacial score (nSPS) is 12.0. The first-order chi connectivity index (χ1) is 12.9. The molecule has 1 aromatic heterocycles. The van der Waals surface area contributed by atoms with Crippen molar-refractivity contribution in [1.29, 1.82) is 0 Å². The molecule has 0 fully saturated rings. The van der Waals surface area contributed by atoms with Crippen LogP contribution in [0.4, 0.5) is 8.78 Å². The van der Waals surface area contributed by atoms with Crippen LogP contribution in [-0.4, -0.2) is 23.8 Å². The standard InChI is InChI=1S/C20H19F2N3O2/c1-11-14(13-5-3-4-6-17(13)24-11)10-18(26)25-19(20(27)23-2)12-7-8-15(21)16(22)9-12/h3-9,19,24H,10H2,1-2H3,(H,23,27)(H,25,26). The minimum Gasteiger partial charge on any atom is -0.358 e. The van der Waals surface area contributed by atoms with E-state index in [0.29, 0.717) is 0 Å². The molecule has 1 atom stereocenters. The Balaban J connectivity index is 1.85. The van der Waals surface area contributed by atoms with E-state index in [2.05, 4.69) is 15.6 Å². The van der Waals surface area contributed by atoms with Crippen molar-refractivity contribution in [2.45, 2.75) is 19.4 Å². The maximum Gasteiger partial charge on any atom is 0.246 e. The van der Waals surface area contributed by atoms with E-state index in [1.54, 1.807) is 0 Å². The Morgan fingerprint density at radius 2 is 1.85 bits per heavy atom. The minimum atomic E-state index is -1.12. The number of fused-ring (bicyclic) bond motifs is 1. The van der Waals surface area contributed by atoms with E-state index in [9.17, 15) is 18.4 Å². The summed E-state index contributed by atoms with van der Waals surface area (Å²) >= 11 is 0. The fourth-order valence-electron chi connectivity index (χ4n) is 3.07. The van der Waals surface area contributed by atoms with Gasteiger partial charge >= 0.3 is 0 Å². The average Bonchev–Trinajstić information content (AvgIpc) is 2.97. The molecule has 0 saturated carbocycles. The van der Waals surface area contributed by atoms with E-state index in [0.717, 1.165) is 34.3 Å². The Morgan fingerprint density at radius 1 is 1.11 bits per heavy atom. The number of aromatic amines is 1. The second-order valence-electron chi connectivity index (χ2n) is 6.24. The highest BCUT2D eigenvalue weighted by molar-refractivity contribution is 5.93. The van der Waals surface area contributed by atoms with Crippen LogP contribution < -0.4 is 10.6 Å². The number of carbonyl (C=O) groups excluding carboxylic acids is 2. The number of rotatable bonds is 5. The first kappa shape index (κ1) is 18.6. The third-order valence-electron chi connectivity index (χ3n) is 4.46. The number of amides is 2. The van der Waals surface area contributed by atoms with Crippen LogP contribution in [0.1, 0.15) is 22.9 Å². The van der Waals surface area contributed by atoms with Gasteiger partial charge in [-0.15, -0.1) is 0 Å². The lowest BCUT2D eigenvalue weighted by Gasteiger charge is -2.18. The van der Waals surface area contributed by atoms with Gasteiger partial charge in [-0.3, -0.25) is 9.59 Å². The fraction of sp³-hybridized carbons (Fsp3) is 0.200. The summed E-state index contributed by atoms with van der Waals surface area (Å²) < 4.78 is 26.7. The molecule has 5 nitrogen and oxygen atoms in total. The maximum atomic E-state index is 13.6. The van der Waals surface area contributed by atoms with Gasteiger partial charge in [0.2, 0.25) is 11.8 Å². The molecule has 2 amide bonds. The summed E-state index contributed by atoms with van der Waals surface area (Å²) in [6.07, 6.45) is 0.0486. The summed E-state index contributed by atoms with van der Waals surface area (Å²) in [6.45, 7) is 1.87. The van der Waals surface area contributed by atoms with Crippen LogP contribution in [0.2, 0.25) is 0 Å². The Hall–Kier alpha value is -3.22. The van der Waals surface area contributed by atoms with Crippen molar-refractivity contribution >= 4 is 22.7 Å². The first-order valence-corrected chi connectivity index (χ1v) is 8.42. The zero-order valence-electron chi connectivity index (χ0n) is 14.9. The second-order valence-corrected chi connectivity index (χ2v) is 6.24. The van der Waals surface area contributed by atoms with E-state index < -0.39 is 29.5 Å². The van der Waals surface area contributed by atoms with Crippen LogP contribution in [0.3, 0.4) is 0 Å². The number of likely N-dealkylation sites (N-methyl/N-ethyl adjacent to an activating group) is 1. The van der Waals surface area contributed by atoms with Gasteiger partial charge in [-0.2, -0.15) is 0 Å². The number of aryl methyl sites for hydroxylation is 1. The zero-order valence-corrected chi connectivity index (χ0v) is 14.9. The fourth-order valence-corrected chi connectivity index (χ4v) is 3.07. The molecular formula is C20H19F2N3O2. The molecule has 0 saturated heterocycles. The number of hydrogen-bond acceptors (Lipinski definition) is 2. The van der Waals surface area contributed by atoms with Crippen LogP contribution in [0.15, 0.2) is 42.5 Å². The topological polar surface area (TPSA) is 74.0 Å². The van der Waals surface area contributed by atoms with Crippen molar-refractivity contribution in [2.75, 3.05) is 7.05 Å². The molecule has 2 aromatic carbocycles. The molecule has 7 heteroatoms. The molecule has 0 aliphatic carbocycles. The number of halogens is 2. The van der Waals surface area contributed by atoms with E-state index in [1.807, 2.05) is 31.2 Å². The molecule has 3 N–H and O–H groups in total. The Bertz CT molecular complexity index is 1010. The number of aromatic nitrogens is 1. The van der Waals surface area contributed by atoms with Crippen molar-refractivity contribution in [2.24, 2.45) is 0 Å². The molecule has 3 rings (SSSR count). The smallest absolute Gasteiger partial charge is 0.246 e. The Morgan fingerprint density at radius 3 is 2.56 bits per heavy atom. The van der Waals surface area contributed by atoms with Gasteiger partial charge < -0.3 is 15.6 Å². The number of H-pyrrole nitrogens is 1. The molecule has 0 radical (unpaired) electrons. The van der Waals surface area contributed by atoms with Gasteiger partial charge in [-0.25, -0.2) is 8.78 Å². The molecule has 140 valence electrons. The van der Waals surface area contributed by atoms with Crippen LogP contribution in [-0.2, 0) is 16.0 Å². The van der Waals surface area contributed by atoms with Crippen LogP contribution in [0.5, 0.6) is 0 Å². The van der Waals surface area contributed by atoms with Crippen molar-refractivity contribution in [1.82, 2.24) is 15.6 Å². The highest BCUT2D eigenvalue weighted by Gasteiger charge is 2.24. The first-order valence-electron chi connectivity index (χ1n) is 8.42. The lowest BCUT2D eigenvalue weighted by atomic mass is 10.0. The van der Waals surface area contributed by atoms with Crippen LogP contribution >= 0.6 is 0 Å². The lowest BCUT2D eigenvalue weighted by molar-refractivity contribution is -0.128. The third-order valence-corrected chi connectivity index (χ3v) is 4.46. The van der Waals surface area contributed by atoms with Gasteiger partial charge in [0.25, 0.3) is 0 Å². The van der Waals surface area contributed by atoms with Crippen molar-refractivity contribution in [3.8, 4) is 0 Å². The molecular weight excluding hydrogens is 352 g/mol. The van der Waals surface area contributed by atoms with Crippen molar-refractivity contribution in [3.63, 3.8) is 0 Å². The monoisotopic (exact) mass is 371 g/mol. The van der Waals surface area contributed by atoms with Gasteiger partial charge in [-0.1, -0.05) is 24.3 Å². The predicted molar refractivity (Wildman–Crippen MR) is 98.0 cm³/mol. The lowest BCUT2D eigenvalue weighted by Crippen LogP contribution is -2.39. The van der Waals surface area contributed by atoms with Gasteiger partial charge in [0.15, 0.2) is 11.6 Å². The molecule has 0 aliphatic rings. The molecule has 1 heterocycles. The van der Waals surface area contributed by atoms with E-state index in [-0.39, 0.29) is 12.0 Å².